The molecule has 5 nitrogen and oxygen atoms in total. The summed E-state index contributed by atoms with van der Waals surface area (Å²) in [6.07, 6.45) is 0. The van der Waals surface area contributed by atoms with Gasteiger partial charge in [0.05, 0.1) is 22.1 Å². The zero-order chi connectivity index (χ0) is 14.7. The van der Waals surface area contributed by atoms with Crippen LogP contribution < -0.4 is 11.2 Å². The number of nitrogens with one attached hydrogen (secondary N) is 1. The Morgan fingerprint density at radius 1 is 1.20 bits per heavy atom. The predicted octanol–water partition coefficient (Wildman–Crippen LogP) is 1.58. The molecular weight excluding hydrogens is 260 g/mol. The Hall–Kier alpha value is -1.60. The van der Waals surface area contributed by atoms with Crippen molar-refractivity contribution < 1.29 is 13.7 Å². The Labute approximate surface area is 116 Å². The number of nitrogens with two attached hydrogens (primary N) is 1. The standard InChI is InChI=1S/C13H17BFN3O2/c1-12(2)13(3,4)20-14(19-12)7-5-6-8(15)9-10(7)17-18-11(9)16/h5-6H,1-4H3,(H3,16,17,18). The van der Waals surface area contributed by atoms with Gasteiger partial charge in [-0.25, -0.2) is 4.39 Å². The average molecular weight is 277 g/mol. The van der Waals surface area contributed by atoms with Gasteiger partial charge in [-0.1, -0.05) is 6.07 Å². The van der Waals surface area contributed by atoms with Crippen molar-refractivity contribution in [2.45, 2.75) is 38.9 Å². The van der Waals surface area contributed by atoms with Gasteiger partial charge in [0.25, 0.3) is 0 Å². The number of halogens is 1. The van der Waals surface area contributed by atoms with Crippen molar-refractivity contribution in [1.29, 1.82) is 0 Å². The molecule has 1 fully saturated rings. The minimum Gasteiger partial charge on any atom is -0.399 e. The van der Waals surface area contributed by atoms with Crippen LogP contribution in [0.3, 0.4) is 0 Å². The smallest absolute Gasteiger partial charge is 0.399 e. The van der Waals surface area contributed by atoms with E-state index in [-0.39, 0.29) is 11.2 Å². The highest BCUT2D eigenvalue weighted by atomic mass is 19.1. The number of aromatic nitrogens is 2. The first kappa shape index (κ1) is 13.4. The molecule has 0 bridgehead atoms. The largest absolute Gasteiger partial charge is 0.497 e. The van der Waals surface area contributed by atoms with Crippen molar-refractivity contribution in [2.24, 2.45) is 0 Å². The third-order valence-corrected chi connectivity index (χ3v) is 4.24. The van der Waals surface area contributed by atoms with Crippen molar-refractivity contribution >= 4 is 29.3 Å². The van der Waals surface area contributed by atoms with Gasteiger partial charge in [-0.15, -0.1) is 0 Å². The molecule has 2 aromatic rings. The first-order valence-corrected chi connectivity index (χ1v) is 6.50. The molecule has 1 aliphatic heterocycles. The fraction of sp³-hybridized carbons (Fsp3) is 0.462. The van der Waals surface area contributed by atoms with Gasteiger partial charge < -0.3 is 15.0 Å². The highest BCUT2D eigenvalue weighted by Crippen LogP contribution is 2.37. The lowest BCUT2D eigenvalue weighted by Gasteiger charge is -2.32. The Morgan fingerprint density at radius 3 is 2.40 bits per heavy atom. The zero-order valence-corrected chi connectivity index (χ0v) is 12.0. The molecule has 3 rings (SSSR count). The second-order valence-corrected chi connectivity index (χ2v) is 6.08. The summed E-state index contributed by atoms with van der Waals surface area (Å²) in [5.74, 6) is -0.276. The number of nitrogens with zero attached hydrogens (tertiary/aromatic N) is 1. The maximum Gasteiger partial charge on any atom is 0.497 e. The summed E-state index contributed by atoms with van der Waals surface area (Å²) in [4.78, 5) is 0. The second-order valence-electron chi connectivity index (χ2n) is 6.08. The molecule has 20 heavy (non-hydrogen) atoms. The Balaban J connectivity index is 2.11. The molecule has 1 aliphatic rings. The summed E-state index contributed by atoms with van der Waals surface area (Å²) in [5, 5.41) is 6.89. The lowest BCUT2D eigenvalue weighted by molar-refractivity contribution is 0.00578. The van der Waals surface area contributed by atoms with Crippen molar-refractivity contribution in [3.63, 3.8) is 0 Å². The minimum absolute atomic E-state index is 0.135. The molecule has 0 unspecified atom stereocenters. The van der Waals surface area contributed by atoms with Crippen LogP contribution in [0.2, 0.25) is 0 Å². The summed E-state index contributed by atoms with van der Waals surface area (Å²) >= 11 is 0. The highest BCUT2D eigenvalue weighted by molar-refractivity contribution is 6.65. The molecule has 3 N–H and O–H groups in total. The van der Waals surface area contributed by atoms with Gasteiger partial charge >= 0.3 is 7.12 Å². The van der Waals surface area contributed by atoms with E-state index in [1.807, 2.05) is 27.7 Å². The zero-order valence-electron chi connectivity index (χ0n) is 12.0. The van der Waals surface area contributed by atoms with Crippen LogP contribution in [0.15, 0.2) is 12.1 Å². The molecular formula is C13H17BFN3O2. The maximum absolute atomic E-state index is 13.8. The highest BCUT2D eigenvalue weighted by Gasteiger charge is 2.52. The first-order valence-electron chi connectivity index (χ1n) is 6.50. The number of rotatable bonds is 1. The summed E-state index contributed by atoms with van der Waals surface area (Å²) in [6.45, 7) is 7.87. The number of benzene rings is 1. The lowest BCUT2D eigenvalue weighted by Crippen LogP contribution is -2.41. The number of anilines is 1. The molecule has 7 heteroatoms. The summed E-state index contributed by atoms with van der Waals surface area (Å²) < 4.78 is 25.8. The van der Waals surface area contributed by atoms with E-state index in [0.29, 0.717) is 11.0 Å². The number of hydrogen-bond donors (Lipinski definition) is 2. The van der Waals surface area contributed by atoms with E-state index < -0.39 is 24.1 Å². The average Bonchev–Trinajstić information content (AvgIpc) is 2.80. The molecule has 2 heterocycles. The summed E-state index contributed by atoms with van der Waals surface area (Å²) in [5.41, 5.74) is 5.99. The van der Waals surface area contributed by atoms with E-state index in [9.17, 15) is 4.39 Å². The number of hydrogen-bond acceptors (Lipinski definition) is 4. The Morgan fingerprint density at radius 2 is 1.80 bits per heavy atom. The SMILES string of the molecule is CC1(C)OB(c2ccc(F)c3c(N)n[nH]c23)OC1(C)C. The summed E-state index contributed by atoms with van der Waals surface area (Å²) in [7, 11) is -0.581. The Bertz CT molecular complexity index is 668. The van der Waals surface area contributed by atoms with Crippen molar-refractivity contribution in [2.75, 3.05) is 5.73 Å². The molecule has 0 amide bonds. The number of H-pyrrole nitrogens is 1. The van der Waals surface area contributed by atoms with Crippen LogP contribution in [-0.4, -0.2) is 28.5 Å². The van der Waals surface area contributed by atoms with E-state index in [2.05, 4.69) is 10.2 Å². The van der Waals surface area contributed by atoms with Gasteiger partial charge in [0.15, 0.2) is 5.82 Å². The van der Waals surface area contributed by atoms with Gasteiger partial charge in [0.2, 0.25) is 0 Å². The van der Waals surface area contributed by atoms with Crippen LogP contribution in [0.5, 0.6) is 0 Å². The number of nitrogen functional groups attached to an aromatic ring is 1. The molecule has 1 aromatic heterocycles. The molecule has 106 valence electrons. The topological polar surface area (TPSA) is 73.2 Å². The van der Waals surface area contributed by atoms with E-state index in [0.717, 1.165) is 0 Å². The van der Waals surface area contributed by atoms with Crippen molar-refractivity contribution in [1.82, 2.24) is 10.2 Å². The van der Waals surface area contributed by atoms with Gasteiger partial charge in [-0.2, -0.15) is 5.10 Å². The van der Waals surface area contributed by atoms with E-state index >= 15 is 0 Å². The normalized spacial score (nSPS) is 20.8. The van der Waals surface area contributed by atoms with Crippen molar-refractivity contribution in [3.8, 4) is 0 Å². The van der Waals surface area contributed by atoms with Crippen LogP contribution in [0, 0.1) is 5.82 Å². The van der Waals surface area contributed by atoms with Crippen LogP contribution >= 0.6 is 0 Å². The summed E-state index contributed by atoms with van der Waals surface area (Å²) in [6, 6.07) is 2.99. The second kappa shape index (κ2) is 3.96. The molecule has 0 saturated carbocycles. The van der Waals surface area contributed by atoms with E-state index in [1.54, 1.807) is 6.07 Å². The fourth-order valence-electron chi connectivity index (χ4n) is 2.30. The quantitative estimate of drug-likeness (QED) is 0.776. The Kier molecular flexibility index (Phi) is 2.65. The van der Waals surface area contributed by atoms with Crippen LogP contribution in [0.25, 0.3) is 10.9 Å². The molecule has 0 atom stereocenters. The maximum atomic E-state index is 13.8. The number of aromatic amines is 1. The van der Waals surface area contributed by atoms with Crippen LogP contribution in [-0.2, 0) is 9.31 Å². The first-order chi connectivity index (χ1) is 9.23. The monoisotopic (exact) mass is 277 g/mol. The predicted molar refractivity (Wildman–Crippen MR) is 76.2 cm³/mol. The van der Waals surface area contributed by atoms with Gasteiger partial charge in [-0.05, 0) is 33.8 Å². The number of fused-ring (bicyclic) bond motifs is 1. The van der Waals surface area contributed by atoms with Crippen molar-refractivity contribution in [3.05, 3.63) is 17.9 Å². The fourth-order valence-corrected chi connectivity index (χ4v) is 2.30. The van der Waals surface area contributed by atoms with Crippen LogP contribution in [0.1, 0.15) is 27.7 Å². The third kappa shape index (κ3) is 1.73. The van der Waals surface area contributed by atoms with Crippen LogP contribution in [0.4, 0.5) is 10.2 Å². The molecule has 1 saturated heterocycles. The lowest BCUT2D eigenvalue weighted by atomic mass is 9.78. The van der Waals surface area contributed by atoms with Gasteiger partial charge in [-0.3, -0.25) is 5.10 Å². The molecule has 0 spiro atoms. The van der Waals surface area contributed by atoms with Gasteiger partial charge in [0, 0.05) is 5.46 Å². The minimum atomic E-state index is -0.581. The van der Waals surface area contributed by atoms with Gasteiger partial charge in [0.1, 0.15) is 5.82 Å². The third-order valence-electron chi connectivity index (χ3n) is 4.24. The van der Waals surface area contributed by atoms with E-state index in [1.165, 1.54) is 6.07 Å². The molecule has 1 aromatic carbocycles. The molecule has 0 aliphatic carbocycles. The molecule has 0 radical (unpaired) electrons. The van der Waals surface area contributed by atoms with E-state index in [4.69, 9.17) is 15.0 Å².